The molecule has 3 amide bonds. The second-order valence-corrected chi connectivity index (χ2v) is 21.0. The van der Waals surface area contributed by atoms with Gasteiger partial charge in [-0.25, -0.2) is 13.8 Å². The van der Waals surface area contributed by atoms with E-state index in [1.165, 1.54) is 49.2 Å². The van der Waals surface area contributed by atoms with Gasteiger partial charge in [0.05, 0.1) is 29.2 Å². The number of anilines is 6. The van der Waals surface area contributed by atoms with E-state index in [9.17, 15) is 36.3 Å². The molecule has 0 saturated carbocycles. The zero-order chi connectivity index (χ0) is 60.1. The molecule has 86 heavy (non-hydrogen) atoms. The van der Waals surface area contributed by atoms with Gasteiger partial charge < -0.3 is 45.5 Å². The molecule has 9 heterocycles. The van der Waals surface area contributed by atoms with Crippen molar-refractivity contribution in [3.05, 3.63) is 227 Å². The van der Waals surface area contributed by atoms with Crippen molar-refractivity contribution in [1.82, 2.24) is 45.8 Å². The number of alkyl halides is 3. The summed E-state index contributed by atoms with van der Waals surface area (Å²) >= 11 is 0. The van der Waals surface area contributed by atoms with Gasteiger partial charge in [0.1, 0.15) is 52.0 Å². The van der Waals surface area contributed by atoms with Crippen LogP contribution in [0.15, 0.2) is 170 Å². The lowest BCUT2D eigenvalue weighted by atomic mass is 10.1. The number of allylic oxidation sites excluding steroid dienone is 3. The number of rotatable bonds is 13. The lowest BCUT2D eigenvalue weighted by Crippen LogP contribution is -2.33. The first-order valence-electron chi connectivity index (χ1n) is 28.0. The maximum absolute atomic E-state index is 13.3. The molecule has 7 N–H and O–H groups in total. The standard InChI is InChI=1S/C23H18FN5O.C22H23F3N4O.C20H20FN3O2/c1-14-6-7-15-12-20(28-22(15)29(14)17-10-8-16(24)9-11-17)23(30)25-13-21-26-18-4-2-3-5-19(18)27-21;1-15-4-5-16-14-19(21(30)26-10-13-28-11-2-3-12-28)27-20(16)29(15)18-8-6-17(7-9-18)22(23,24)25;1-13-4-5-14-11-18(20(25)22-12-17-3-2-10-26-17)23-19(14)24(13)16-8-6-15(21)7-9-16/h2-12,28H,1,13H2,(H,25,30)(H,26,27);4-9,14,27H,1-3,10-13H2,(H,26,30);4-9,11,17,23H,1-3,10,12H2,(H,22,25). The predicted octanol–water partition coefficient (Wildman–Crippen LogP) is 12.9. The number of benzene rings is 4. The molecule has 2 fully saturated rings. The third kappa shape index (κ3) is 13.0. The third-order valence-electron chi connectivity index (χ3n) is 15.0. The van der Waals surface area contributed by atoms with Gasteiger partial charge >= 0.3 is 6.18 Å². The van der Waals surface area contributed by atoms with Gasteiger partial charge in [-0.3, -0.25) is 29.1 Å². The average Bonchev–Trinajstić information content (AvgIpc) is 1.93. The van der Waals surface area contributed by atoms with Crippen molar-refractivity contribution in [3.8, 4) is 0 Å². The molecule has 4 aromatic heterocycles. The minimum Gasteiger partial charge on any atom is -0.376 e. The Bertz CT molecular complexity index is 3900. The number of para-hydroxylation sites is 2. The zero-order valence-corrected chi connectivity index (χ0v) is 46.7. The number of carbonyl (C=O) groups is 3. The lowest BCUT2D eigenvalue weighted by Gasteiger charge is -2.27. The molecule has 21 heteroatoms. The summed E-state index contributed by atoms with van der Waals surface area (Å²) in [6.07, 6.45) is 11.2. The zero-order valence-electron chi connectivity index (χ0n) is 46.7. The fourth-order valence-electron chi connectivity index (χ4n) is 10.6. The van der Waals surface area contributed by atoms with Crippen LogP contribution in [0.1, 0.15) is 85.2 Å². The SMILES string of the molecule is C=C1C=Cc2cc(C(=O)NCC3CCCO3)[nH]c2N1c1ccc(F)cc1.C=C1C=Cc2cc(C(=O)NCCN3CCCC3)[nH]c2N1c1ccc(C(F)(F)F)cc1.C=C1C=Cc2cc(C(=O)NCc3nc4ccccc4[nH]3)[nH]c2N1c1ccc(F)cc1. The number of amides is 3. The van der Waals surface area contributed by atoms with Gasteiger partial charge in [0.15, 0.2) is 0 Å². The Balaban J connectivity index is 0.000000134. The van der Waals surface area contributed by atoms with Crippen molar-refractivity contribution in [2.75, 3.05) is 54.0 Å². The Kier molecular flexibility index (Phi) is 16.9. The first-order chi connectivity index (χ1) is 41.5. The van der Waals surface area contributed by atoms with Gasteiger partial charge in [-0.15, -0.1) is 0 Å². The van der Waals surface area contributed by atoms with Crippen LogP contribution >= 0.6 is 0 Å². The second-order valence-electron chi connectivity index (χ2n) is 21.0. The summed E-state index contributed by atoms with van der Waals surface area (Å²) in [5, 5.41) is 8.72. The molecule has 2 saturated heterocycles. The summed E-state index contributed by atoms with van der Waals surface area (Å²) in [5.74, 6) is 1.50. The number of fused-ring (bicyclic) bond motifs is 4. The molecule has 1 atom stereocenters. The molecule has 5 aliphatic rings. The summed E-state index contributed by atoms with van der Waals surface area (Å²) in [5.41, 5.74) is 8.95. The number of nitrogens with zero attached hydrogens (tertiary/aromatic N) is 5. The number of H-pyrrole nitrogens is 4. The number of likely N-dealkylation sites (tertiary alicyclic amines) is 1. The molecule has 16 nitrogen and oxygen atoms in total. The van der Waals surface area contributed by atoms with Crippen molar-refractivity contribution in [2.24, 2.45) is 0 Å². The number of hydrogen-bond donors (Lipinski definition) is 7. The van der Waals surface area contributed by atoms with Crippen LogP contribution in [-0.4, -0.2) is 93.0 Å². The largest absolute Gasteiger partial charge is 0.416 e. The third-order valence-corrected chi connectivity index (χ3v) is 15.0. The average molecular weight is 1170 g/mol. The number of imidazole rings is 1. The number of hydrogen-bond acceptors (Lipinski definition) is 9. The quantitative estimate of drug-likeness (QED) is 0.0552. The van der Waals surface area contributed by atoms with E-state index in [1.54, 1.807) is 53.4 Å². The molecule has 5 aliphatic heterocycles. The number of ether oxygens (including phenoxy) is 1. The van der Waals surface area contributed by atoms with Gasteiger partial charge in [0.25, 0.3) is 17.7 Å². The van der Waals surface area contributed by atoms with Crippen molar-refractivity contribution in [3.63, 3.8) is 0 Å². The van der Waals surface area contributed by atoms with E-state index in [2.05, 4.69) is 65.5 Å². The first kappa shape index (κ1) is 57.8. The second kappa shape index (κ2) is 25.1. The van der Waals surface area contributed by atoms with Crippen LogP contribution in [0.25, 0.3) is 29.3 Å². The van der Waals surface area contributed by atoms with Gasteiger partial charge in [0, 0.05) is 77.1 Å². The van der Waals surface area contributed by atoms with Gasteiger partial charge in [-0.1, -0.05) is 31.9 Å². The number of carbonyl (C=O) groups excluding carboxylic acids is 3. The van der Waals surface area contributed by atoms with Gasteiger partial charge in [-0.05, 0) is 178 Å². The van der Waals surface area contributed by atoms with Crippen molar-refractivity contribution in [2.45, 2.75) is 44.5 Å². The van der Waals surface area contributed by atoms with Gasteiger partial charge in [0.2, 0.25) is 0 Å². The summed E-state index contributed by atoms with van der Waals surface area (Å²) in [4.78, 5) is 62.6. The van der Waals surface area contributed by atoms with Crippen molar-refractivity contribution < 1.29 is 41.1 Å². The Morgan fingerprint density at radius 1 is 0.581 bits per heavy atom. The highest BCUT2D eigenvalue weighted by Crippen LogP contribution is 2.40. The molecular formula is C65H61F5N12O4. The molecular weight excluding hydrogens is 1110 g/mol. The number of aromatic amines is 4. The summed E-state index contributed by atoms with van der Waals surface area (Å²) in [6.45, 7) is 17.2. The van der Waals surface area contributed by atoms with E-state index in [1.807, 2.05) is 64.4 Å². The fourth-order valence-corrected chi connectivity index (χ4v) is 10.6. The van der Waals surface area contributed by atoms with E-state index >= 15 is 0 Å². The first-order valence-corrected chi connectivity index (χ1v) is 28.0. The molecule has 1 unspecified atom stereocenters. The van der Waals surface area contributed by atoms with Crippen molar-refractivity contribution >= 4 is 81.5 Å². The minimum atomic E-state index is -4.39. The van der Waals surface area contributed by atoms with Crippen LogP contribution in [0.5, 0.6) is 0 Å². The smallest absolute Gasteiger partial charge is 0.376 e. The van der Waals surface area contributed by atoms with Crippen LogP contribution in [0.3, 0.4) is 0 Å². The van der Waals surface area contributed by atoms with Crippen LogP contribution < -0.4 is 30.7 Å². The molecule has 0 radical (unpaired) electrons. The number of halogens is 5. The van der Waals surface area contributed by atoms with Gasteiger partial charge in [-0.2, -0.15) is 13.2 Å². The minimum absolute atomic E-state index is 0.0962. The van der Waals surface area contributed by atoms with E-state index in [-0.39, 0.29) is 42.0 Å². The van der Waals surface area contributed by atoms with E-state index in [4.69, 9.17) is 4.74 Å². The summed E-state index contributed by atoms with van der Waals surface area (Å²) < 4.78 is 70.7. The summed E-state index contributed by atoms with van der Waals surface area (Å²) in [6, 6.07) is 30.2. The molecule has 4 aromatic carbocycles. The topological polar surface area (TPSA) is 186 Å². The van der Waals surface area contributed by atoms with E-state index < -0.39 is 11.7 Å². The Morgan fingerprint density at radius 3 is 1.51 bits per heavy atom. The highest BCUT2D eigenvalue weighted by molar-refractivity contribution is 5.98. The highest BCUT2D eigenvalue weighted by Gasteiger charge is 2.32. The molecule has 0 bridgehead atoms. The number of nitrogens with one attached hydrogen (secondary N) is 7. The highest BCUT2D eigenvalue weighted by atomic mass is 19.4. The van der Waals surface area contributed by atoms with Crippen LogP contribution in [-0.2, 0) is 17.5 Å². The normalized spacial score (nSPS) is 16.1. The number of aromatic nitrogens is 5. The maximum atomic E-state index is 13.3. The monoisotopic (exact) mass is 1170 g/mol. The van der Waals surface area contributed by atoms with Crippen LogP contribution in [0, 0.1) is 11.6 Å². The molecule has 440 valence electrons. The molecule has 13 rings (SSSR count). The van der Waals surface area contributed by atoms with E-state index in [0.29, 0.717) is 64.7 Å². The van der Waals surface area contributed by atoms with Crippen molar-refractivity contribution in [1.29, 1.82) is 0 Å². The molecule has 0 spiro atoms. The maximum Gasteiger partial charge on any atom is 0.416 e. The Morgan fingerprint density at radius 2 is 1.05 bits per heavy atom. The van der Waals surface area contributed by atoms with Crippen LogP contribution in [0.2, 0.25) is 0 Å². The fraction of sp³-hybridized carbons (Fsp3) is 0.200. The predicted molar refractivity (Wildman–Crippen MR) is 324 cm³/mol. The Hall–Kier alpha value is -9.99. The van der Waals surface area contributed by atoms with Crippen LogP contribution in [0.4, 0.5) is 56.5 Å². The molecule has 8 aromatic rings. The van der Waals surface area contributed by atoms with E-state index in [0.717, 1.165) is 102 Å². The lowest BCUT2D eigenvalue weighted by molar-refractivity contribution is -0.137. The molecule has 0 aliphatic carbocycles. The summed E-state index contributed by atoms with van der Waals surface area (Å²) in [7, 11) is 0. The Labute approximate surface area is 492 Å².